The molecule has 0 radical (unpaired) electrons. The van der Waals surface area contributed by atoms with Crippen LogP contribution in [-0.2, 0) is 9.68 Å². The fourth-order valence-electron chi connectivity index (χ4n) is 0.551. The van der Waals surface area contributed by atoms with Gasteiger partial charge in [-0.3, -0.25) is 4.89 Å². The van der Waals surface area contributed by atoms with Gasteiger partial charge in [0.1, 0.15) is 0 Å². The molecule has 0 aliphatic rings. The molecular formula is C8H10O3. The lowest BCUT2D eigenvalue weighted by molar-refractivity contribution is -0.228. The van der Waals surface area contributed by atoms with Crippen molar-refractivity contribution in [2.24, 2.45) is 0 Å². The Kier molecular flexibility index (Phi) is 4.77. The first-order chi connectivity index (χ1) is 5.26. The van der Waals surface area contributed by atoms with E-state index in [9.17, 15) is 4.79 Å². The highest BCUT2D eigenvalue weighted by atomic mass is 17.1. The Morgan fingerprint density at radius 3 is 2.64 bits per heavy atom. The third-order valence-corrected chi connectivity index (χ3v) is 0.962. The van der Waals surface area contributed by atoms with Crippen molar-refractivity contribution in [2.75, 3.05) is 0 Å². The molecule has 3 nitrogen and oxygen atoms in total. The van der Waals surface area contributed by atoms with E-state index in [1.165, 1.54) is 18.2 Å². The van der Waals surface area contributed by atoms with Crippen molar-refractivity contribution in [2.45, 2.75) is 6.92 Å². The average Bonchev–Trinajstić information content (AvgIpc) is 2.03. The van der Waals surface area contributed by atoms with Crippen LogP contribution in [0.15, 0.2) is 36.5 Å². The van der Waals surface area contributed by atoms with Crippen molar-refractivity contribution >= 4 is 5.97 Å². The van der Waals surface area contributed by atoms with E-state index in [1.807, 2.05) is 0 Å². The molecule has 0 aromatic heterocycles. The highest BCUT2D eigenvalue weighted by Crippen LogP contribution is 1.99. The summed E-state index contributed by atoms with van der Waals surface area (Å²) in [5.74, 6) is -0.789. The Labute approximate surface area is 65.2 Å². The van der Waals surface area contributed by atoms with E-state index >= 15 is 0 Å². The second-order valence-corrected chi connectivity index (χ2v) is 1.74. The van der Waals surface area contributed by atoms with Gasteiger partial charge in [0, 0.05) is 0 Å². The van der Waals surface area contributed by atoms with Gasteiger partial charge < -0.3 is 0 Å². The summed E-state index contributed by atoms with van der Waals surface area (Å²) in [6.45, 7) is 5.15. The minimum Gasteiger partial charge on any atom is -0.296 e. The van der Waals surface area contributed by atoms with Gasteiger partial charge in [-0.2, -0.15) is 5.26 Å². The molecule has 0 fully saturated rings. The molecule has 0 bridgehead atoms. The van der Waals surface area contributed by atoms with E-state index in [-0.39, 0.29) is 5.57 Å². The first-order valence-electron chi connectivity index (χ1n) is 3.07. The second kappa shape index (κ2) is 5.44. The number of carbonyl (C=O) groups is 1. The maximum absolute atomic E-state index is 10.7. The summed E-state index contributed by atoms with van der Waals surface area (Å²) < 4.78 is 0. The quantitative estimate of drug-likeness (QED) is 0.291. The van der Waals surface area contributed by atoms with Crippen LogP contribution in [0.25, 0.3) is 0 Å². The number of rotatable bonds is 3. The minimum absolute atomic E-state index is 0.255. The lowest BCUT2D eigenvalue weighted by atomic mass is 10.2. The Morgan fingerprint density at radius 1 is 1.64 bits per heavy atom. The van der Waals surface area contributed by atoms with E-state index in [1.54, 1.807) is 13.0 Å². The molecule has 0 aromatic rings. The Bertz CT molecular complexity index is 201. The lowest BCUT2D eigenvalue weighted by Gasteiger charge is -1.93. The van der Waals surface area contributed by atoms with Gasteiger partial charge in [-0.1, -0.05) is 24.8 Å². The Morgan fingerprint density at radius 2 is 2.27 bits per heavy atom. The molecule has 0 rings (SSSR count). The highest BCUT2D eigenvalue weighted by Gasteiger charge is 2.04. The predicted octanol–water partition coefficient (Wildman–Crippen LogP) is 1.69. The minimum atomic E-state index is -0.789. The summed E-state index contributed by atoms with van der Waals surface area (Å²) in [5.41, 5.74) is 0.255. The molecule has 0 spiro atoms. The zero-order valence-corrected chi connectivity index (χ0v) is 6.28. The zero-order chi connectivity index (χ0) is 8.69. The zero-order valence-electron chi connectivity index (χ0n) is 6.28. The van der Waals surface area contributed by atoms with Crippen LogP contribution in [0.3, 0.4) is 0 Å². The molecule has 0 atom stereocenters. The maximum Gasteiger partial charge on any atom is 0.372 e. The molecule has 0 amide bonds. The van der Waals surface area contributed by atoms with Crippen LogP contribution in [0.4, 0.5) is 0 Å². The van der Waals surface area contributed by atoms with Crippen molar-refractivity contribution in [1.82, 2.24) is 0 Å². The van der Waals surface area contributed by atoms with Crippen molar-refractivity contribution in [3.8, 4) is 0 Å². The van der Waals surface area contributed by atoms with Crippen molar-refractivity contribution in [1.29, 1.82) is 0 Å². The number of hydrogen-bond donors (Lipinski definition) is 1. The van der Waals surface area contributed by atoms with Gasteiger partial charge in [0.25, 0.3) is 0 Å². The molecule has 0 aliphatic carbocycles. The van der Waals surface area contributed by atoms with Crippen LogP contribution in [0.2, 0.25) is 0 Å². The number of carbonyl (C=O) groups excluding carboxylic acids is 1. The second-order valence-electron chi connectivity index (χ2n) is 1.74. The van der Waals surface area contributed by atoms with Gasteiger partial charge in [0.2, 0.25) is 0 Å². The summed E-state index contributed by atoms with van der Waals surface area (Å²) in [6.07, 6.45) is 6.05. The van der Waals surface area contributed by atoms with E-state index in [0.717, 1.165) is 0 Å². The van der Waals surface area contributed by atoms with Crippen LogP contribution in [0, 0.1) is 0 Å². The van der Waals surface area contributed by atoms with Gasteiger partial charge in [-0.25, -0.2) is 4.79 Å². The molecule has 0 unspecified atom stereocenters. The van der Waals surface area contributed by atoms with Crippen LogP contribution in [-0.4, -0.2) is 11.2 Å². The first kappa shape index (κ1) is 9.65. The van der Waals surface area contributed by atoms with Crippen molar-refractivity contribution in [3.63, 3.8) is 0 Å². The fraction of sp³-hybridized carbons (Fsp3) is 0.125. The molecule has 1 N–H and O–H groups in total. The molecule has 0 saturated carbocycles. The van der Waals surface area contributed by atoms with Gasteiger partial charge in [0.05, 0.1) is 5.57 Å². The first-order valence-corrected chi connectivity index (χ1v) is 3.07. The predicted molar refractivity (Wildman–Crippen MR) is 41.8 cm³/mol. The Hall–Kier alpha value is -1.35. The van der Waals surface area contributed by atoms with E-state index in [4.69, 9.17) is 5.26 Å². The summed E-state index contributed by atoms with van der Waals surface area (Å²) >= 11 is 0. The van der Waals surface area contributed by atoms with E-state index < -0.39 is 5.97 Å². The standard InChI is InChI=1S/C8H10O3/c1-3-5-7(6-4-2)8(9)11-10/h3-6,10H,1H2,2H3/b6-4-,7-5+. The van der Waals surface area contributed by atoms with Gasteiger partial charge in [-0.15, -0.1) is 0 Å². The van der Waals surface area contributed by atoms with Crippen molar-refractivity contribution in [3.05, 3.63) is 36.5 Å². The highest BCUT2D eigenvalue weighted by molar-refractivity contribution is 5.91. The van der Waals surface area contributed by atoms with Gasteiger partial charge in [0.15, 0.2) is 0 Å². The lowest BCUT2D eigenvalue weighted by Crippen LogP contribution is -2.02. The number of hydrogen-bond acceptors (Lipinski definition) is 3. The summed E-state index contributed by atoms with van der Waals surface area (Å²) in [4.78, 5) is 14.2. The summed E-state index contributed by atoms with van der Waals surface area (Å²) in [7, 11) is 0. The summed E-state index contributed by atoms with van der Waals surface area (Å²) in [6, 6.07) is 0. The molecule has 0 aromatic carbocycles. The van der Waals surface area contributed by atoms with Gasteiger partial charge in [-0.05, 0) is 13.0 Å². The van der Waals surface area contributed by atoms with Crippen LogP contribution in [0.1, 0.15) is 6.92 Å². The molecule has 11 heavy (non-hydrogen) atoms. The van der Waals surface area contributed by atoms with E-state index in [0.29, 0.717) is 0 Å². The topological polar surface area (TPSA) is 46.5 Å². The largest absolute Gasteiger partial charge is 0.372 e. The maximum atomic E-state index is 10.7. The Balaban J connectivity index is 4.46. The van der Waals surface area contributed by atoms with Crippen LogP contribution < -0.4 is 0 Å². The van der Waals surface area contributed by atoms with E-state index in [2.05, 4.69) is 11.5 Å². The van der Waals surface area contributed by atoms with Crippen LogP contribution in [0.5, 0.6) is 0 Å². The molecule has 3 heteroatoms. The molecule has 0 heterocycles. The van der Waals surface area contributed by atoms with Gasteiger partial charge >= 0.3 is 5.97 Å². The van der Waals surface area contributed by atoms with Crippen molar-refractivity contribution < 1.29 is 14.9 Å². The number of allylic oxidation sites excluding steroid dienone is 3. The molecular weight excluding hydrogens is 144 g/mol. The normalized spacial score (nSPS) is 11.6. The molecule has 60 valence electrons. The smallest absolute Gasteiger partial charge is 0.296 e. The third kappa shape index (κ3) is 3.37. The monoisotopic (exact) mass is 154 g/mol. The molecule has 0 aliphatic heterocycles. The summed E-state index contributed by atoms with van der Waals surface area (Å²) in [5, 5.41) is 8.00. The third-order valence-electron chi connectivity index (χ3n) is 0.962. The fourth-order valence-corrected chi connectivity index (χ4v) is 0.551. The van der Waals surface area contributed by atoms with Crippen LogP contribution >= 0.6 is 0 Å². The average molecular weight is 154 g/mol. The molecule has 0 saturated heterocycles. The SMILES string of the molecule is C=C/C=C(\C=C/C)C(=O)OO.